The van der Waals surface area contributed by atoms with E-state index in [-0.39, 0.29) is 18.3 Å². The Bertz CT molecular complexity index is 382. The van der Waals surface area contributed by atoms with Gasteiger partial charge >= 0.3 is 0 Å². The van der Waals surface area contributed by atoms with E-state index >= 15 is 0 Å². The lowest BCUT2D eigenvalue weighted by Gasteiger charge is -2.13. The third-order valence-corrected chi connectivity index (χ3v) is 3.02. The summed E-state index contributed by atoms with van der Waals surface area (Å²) in [7, 11) is 1.64. The van der Waals surface area contributed by atoms with Gasteiger partial charge < -0.3 is 15.4 Å². The molecule has 0 saturated carbocycles. The van der Waals surface area contributed by atoms with Gasteiger partial charge in [0.05, 0.1) is 13.2 Å². The van der Waals surface area contributed by atoms with E-state index in [1.807, 2.05) is 0 Å². The fourth-order valence-corrected chi connectivity index (χ4v) is 1.72. The van der Waals surface area contributed by atoms with Crippen molar-refractivity contribution < 1.29 is 9.53 Å². The van der Waals surface area contributed by atoms with Gasteiger partial charge in [-0.3, -0.25) is 4.79 Å². The van der Waals surface area contributed by atoms with Crippen LogP contribution in [-0.2, 0) is 9.53 Å². The normalized spacial score (nSPS) is 11.6. The third-order valence-electron chi connectivity index (χ3n) is 3.02. The van der Waals surface area contributed by atoms with Crippen molar-refractivity contribution in [2.45, 2.75) is 19.8 Å². The lowest BCUT2D eigenvalue weighted by molar-refractivity contribution is -0.120. The van der Waals surface area contributed by atoms with Crippen molar-refractivity contribution in [2.24, 2.45) is 0 Å². The predicted octanol–water partition coefficient (Wildman–Crippen LogP) is 1.87. The van der Waals surface area contributed by atoms with Gasteiger partial charge in [-0.2, -0.15) is 0 Å². The number of aryl methyl sites for hydroxylation is 1. The molecule has 1 amide bonds. The van der Waals surface area contributed by atoms with Gasteiger partial charge in [0, 0.05) is 20.2 Å². The number of amides is 1. The van der Waals surface area contributed by atoms with E-state index in [4.69, 9.17) is 4.74 Å². The molecule has 0 aliphatic carbocycles. The summed E-state index contributed by atoms with van der Waals surface area (Å²) < 4.78 is 4.90. The largest absolute Gasteiger partial charge is 0.383 e. The molecule has 5 heteroatoms. The van der Waals surface area contributed by atoms with Crippen LogP contribution in [0.25, 0.3) is 0 Å². The van der Waals surface area contributed by atoms with Crippen LogP contribution in [0.4, 0.5) is 0 Å². The van der Waals surface area contributed by atoms with Crippen LogP contribution >= 0.6 is 12.4 Å². The van der Waals surface area contributed by atoms with Crippen molar-refractivity contribution in [1.82, 2.24) is 10.6 Å². The van der Waals surface area contributed by atoms with E-state index in [0.29, 0.717) is 32.2 Å². The smallest absolute Gasteiger partial charge is 0.233 e. The quantitative estimate of drug-likeness (QED) is 0.721. The van der Waals surface area contributed by atoms with Gasteiger partial charge in [-0.1, -0.05) is 36.8 Å². The lowest BCUT2D eigenvalue weighted by Crippen LogP contribution is -2.36. The summed E-state index contributed by atoms with van der Waals surface area (Å²) in [6, 6.07) is 8.42. The molecule has 1 rings (SSSR count). The number of hydrogen-bond donors (Lipinski definition) is 2. The fraction of sp³-hybridized carbons (Fsp3) is 0.533. The topological polar surface area (TPSA) is 50.4 Å². The molecule has 0 aromatic heterocycles. The number of methoxy groups -OCH3 is 1. The number of nitrogens with one attached hydrogen (secondary N) is 2. The van der Waals surface area contributed by atoms with Gasteiger partial charge in [0.1, 0.15) is 0 Å². The zero-order valence-corrected chi connectivity index (χ0v) is 13.3. The average molecular weight is 301 g/mol. The van der Waals surface area contributed by atoms with Crippen molar-refractivity contribution in [3.63, 3.8) is 0 Å². The Balaban J connectivity index is 0.00000361. The Morgan fingerprint density at radius 1 is 1.30 bits per heavy atom. The van der Waals surface area contributed by atoms with Crippen LogP contribution in [0.3, 0.4) is 0 Å². The number of rotatable bonds is 8. The molecule has 1 aromatic carbocycles. The highest BCUT2D eigenvalue weighted by atomic mass is 35.5. The fourth-order valence-electron chi connectivity index (χ4n) is 1.72. The minimum Gasteiger partial charge on any atom is -0.383 e. The molecule has 1 unspecified atom stereocenters. The lowest BCUT2D eigenvalue weighted by atomic mass is 10.00. The first-order chi connectivity index (χ1) is 9.13. The van der Waals surface area contributed by atoms with E-state index < -0.39 is 0 Å². The SMILES string of the molecule is COCCNCC(=O)NCC(C)c1ccc(C)cc1.Cl. The van der Waals surface area contributed by atoms with Crippen LogP contribution in [0.5, 0.6) is 0 Å². The van der Waals surface area contributed by atoms with E-state index in [1.165, 1.54) is 11.1 Å². The summed E-state index contributed by atoms with van der Waals surface area (Å²) in [5.74, 6) is 0.346. The maximum Gasteiger partial charge on any atom is 0.233 e. The molecule has 0 aliphatic rings. The second-order valence-electron chi connectivity index (χ2n) is 4.79. The Kier molecular flexibility index (Phi) is 10.1. The van der Waals surface area contributed by atoms with Gasteiger partial charge in [0.25, 0.3) is 0 Å². The number of carbonyl (C=O) groups is 1. The molecule has 0 heterocycles. The van der Waals surface area contributed by atoms with Crippen LogP contribution < -0.4 is 10.6 Å². The standard InChI is InChI=1S/C15H24N2O2.ClH/c1-12-4-6-14(7-5-12)13(2)10-17-15(18)11-16-8-9-19-3;/h4-7,13,16H,8-11H2,1-3H3,(H,17,18);1H. The van der Waals surface area contributed by atoms with Crippen molar-refractivity contribution in [3.05, 3.63) is 35.4 Å². The molecule has 0 saturated heterocycles. The molecule has 4 nitrogen and oxygen atoms in total. The Labute approximate surface area is 127 Å². The van der Waals surface area contributed by atoms with E-state index in [0.717, 1.165) is 0 Å². The van der Waals surface area contributed by atoms with Gasteiger partial charge in [0.2, 0.25) is 5.91 Å². The molecule has 2 N–H and O–H groups in total. The minimum absolute atomic E-state index is 0. The van der Waals surface area contributed by atoms with Crippen LogP contribution in [0.1, 0.15) is 24.0 Å². The second-order valence-corrected chi connectivity index (χ2v) is 4.79. The maximum absolute atomic E-state index is 11.6. The van der Waals surface area contributed by atoms with Crippen molar-refractivity contribution in [2.75, 3.05) is 33.4 Å². The Morgan fingerprint density at radius 2 is 1.95 bits per heavy atom. The number of halogens is 1. The van der Waals surface area contributed by atoms with Crippen molar-refractivity contribution in [3.8, 4) is 0 Å². The minimum atomic E-state index is 0. The summed E-state index contributed by atoms with van der Waals surface area (Å²) in [4.78, 5) is 11.6. The maximum atomic E-state index is 11.6. The molecule has 0 fully saturated rings. The van der Waals surface area contributed by atoms with Gasteiger partial charge in [-0.25, -0.2) is 0 Å². The van der Waals surface area contributed by atoms with E-state index in [2.05, 4.69) is 48.7 Å². The highest BCUT2D eigenvalue weighted by Gasteiger charge is 2.07. The summed E-state index contributed by atoms with van der Waals surface area (Å²) in [5, 5.41) is 5.95. The second kappa shape index (κ2) is 10.7. The zero-order valence-electron chi connectivity index (χ0n) is 12.4. The molecular weight excluding hydrogens is 276 g/mol. The Hall–Kier alpha value is -1.10. The van der Waals surface area contributed by atoms with Gasteiger partial charge in [0.15, 0.2) is 0 Å². The summed E-state index contributed by atoms with van der Waals surface area (Å²) in [5.41, 5.74) is 2.50. The Morgan fingerprint density at radius 3 is 2.55 bits per heavy atom. The number of carbonyl (C=O) groups excluding carboxylic acids is 1. The number of benzene rings is 1. The predicted molar refractivity (Wildman–Crippen MR) is 84.6 cm³/mol. The summed E-state index contributed by atoms with van der Waals surface area (Å²) in [6.45, 7) is 6.49. The molecule has 0 aliphatic heterocycles. The van der Waals surface area contributed by atoms with Crippen LogP contribution in [-0.4, -0.2) is 39.3 Å². The van der Waals surface area contributed by atoms with E-state index in [9.17, 15) is 4.79 Å². The van der Waals surface area contributed by atoms with E-state index in [1.54, 1.807) is 7.11 Å². The van der Waals surface area contributed by atoms with Crippen LogP contribution in [0, 0.1) is 6.92 Å². The average Bonchev–Trinajstić information content (AvgIpc) is 2.42. The molecule has 0 radical (unpaired) electrons. The van der Waals surface area contributed by atoms with Crippen molar-refractivity contribution in [1.29, 1.82) is 0 Å². The molecule has 20 heavy (non-hydrogen) atoms. The third kappa shape index (κ3) is 7.48. The number of hydrogen-bond acceptors (Lipinski definition) is 3. The first kappa shape index (κ1) is 18.9. The zero-order chi connectivity index (χ0) is 14.1. The monoisotopic (exact) mass is 300 g/mol. The number of ether oxygens (including phenoxy) is 1. The highest BCUT2D eigenvalue weighted by molar-refractivity contribution is 5.85. The highest BCUT2D eigenvalue weighted by Crippen LogP contribution is 2.14. The summed E-state index contributed by atoms with van der Waals surface area (Å²) >= 11 is 0. The molecular formula is C15H25ClN2O2. The van der Waals surface area contributed by atoms with Crippen LogP contribution in [0.15, 0.2) is 24.3 Å². The first-order valence-electron chi connectivity index (χ1n) is 6.66. The molecule has 0 bridgehead atoms. The van der Waals surface area contributed by atoms with Crippen LogP contribution in [0.2, 0.25) is 0 Å². The molecule has 1 aromatic rings. The first-order valence-corrected chi connectivity index (χ1v) is 6.66. The van der Waals surface area contributed by atoms with Crippen molar-refractivity contribution >= 4 is 18.3 Å². The molecule has 0 spiro atoms. The summed E-state index contributed by atoms with van der Waals surface area (Å²) in [6.07, 6.45) is 0. The molecule has 1 atom stereocenters. The molecule has 114 valence electrons. The van der Waals surface area contributed by atoms with Gasteiger partial charge in [-0.05, 0) is 18.4 Å². The van der Waals surface area contributed by atoms with Gasteiger partial charge in [-0.15, -0.1) is 12.4 Å².